The maximum atomic E-state index is 12.2. The normalized spacial score (nSPS) is 18.7. The summed E-state index contributed by atoms with van der Waals surface area (Å²) in [6, 6.07) is 7.97. The van der Waals surface area contributed by atoms with E-state index in [1.54, 1.807) is 0 Å². The first-order valence-corrected chi connectivity index (χ1v) is 10.1. The summed E-state index contributed by atoms with van der Waals surface area (Å²) in [5.74, 6) is 0.880. The standard InChI is InChI=1S/C21H33N3O3/c1-21(2,24-11-13-26-14-12-24)17-22-15-18-7-3-4-8-19(18)27-16-20(25)23-9-5-6-10-23/h3-4,7-8,22H,5-6,9-17H2,1-2H3. The highest BCUT2D eigenvalue weighted by Crippen LogP contribution is 2.20. The number of likely N-dealkylation sites (tertiary alicyclic amines) is 1. The third kappa shape index (κ3) is 5.67. The second-order valence-electron chi connectivity index (χ2n) is 8.00. The fourth-order valence-corrected chi connectivity index (χ4v) is 3.77. The topological polar surface area (TPSA) is 54.0 Å². The SMILES string of the molecule is CC(C)(CNCc1ccccc1OCC(=O)N1CCCC1)N1CCOCC1. The minimum absolute atomic E-state index is 0.0747. The molecule has 2 fully saturated rings. The summed E-state index contributed by atoms with van der Waals surface area (Å²) in [6.07, 6.45) is 2.20. The molecule has 6 nitrogen and oxygen atoms in total. The van der Waals surface area contributed by atoms with E-state index in [1.165, 1.54) is 0 Å². The molecule has 1 N–H and O–H groups in total. The third-order valence-electron chi connectivity index (χ3n) is 5.52. The van der Waals surface area contributed by atoms with Gasteiger partial charge < -0.3 is 19.7 Å². The molecule has 2 aliphatic heterocycles. The highest BCUT2D eigenvalue weighted by Gasteiger charge is 2.27. The molecule has 2 heterocycles. The minimum Gasteiger partial charge on any atom is -0.483 e. The number of hydrogen-bond acceptors (Lipinski definition) is 5. The molecule has 150 valence electrons. The van der Waals surface area contributed by atoms with Crippen molar-refractivity contribution >= 4 is 5.91 Å². The Morgan fingerprint density at radius 1 is 1.15 bits per heavy atom. The number of rotatable bonds is 8. The Morgan fingerprint density at radius 3 is 2.59 bits per heavy atom. The summed E-state index contributed by atoms with van der Waals surface area (Å²) in [6.45, 7) is 11.6. The molecule has 27 heavy (non-hydrogen) atoms. The molecule has 2 saturated heterocycles. The molecule has 6 heteroatoms. The van der Waals surface area contributed by atoms with Gasteiger partial charge in [0.25, 0.3) is 5.91 Å². The maximum Gasteiger partial charge on any atom is 0.260 e. The van der Waals surface area contributed by atoms with Crippen LogP contribution >= 0.6 is 0 Å². The molecule has 1 aromatic rings. The minimum atomic E-state index is 0.0747. The van der Waals surface area contributed by atoms with Gasteiger partial charge >= 0.3 is 0 Å². The number of nitrogens with zero attached hydrogens (tertiary/aromatic N) is 2. The van der Waals surface area contributed by atoms with Gasteiger partial charge in [-0.25, -0.2) is 0 Å². The van der Waals surface area contributed by atoms with Gasteiger partial charge in [-0.05, 0) is 32.8 Å². The van der Waals surface area contributed by atoms with Crippen LogP contribution in [0.4, 0.5) is 0 Å². The monoisotopic (exact) mass is 375 g/mol. The summed E-state index contributed by atoms with van der Waals surface area (Å²) in [5, 5.41) is 3.56. The zero-order chi connectivity index (χ0) is 19.1. The smallest absolute Gasteiger partial charge is 0.260 e. The molecule has 0 aromatic heterocycles. The predicted octanol–water partition coefficient (Wildman–Crippen LogP) is 1.89. The molecule has 0 aliphatic carbocycles. The molecule has 0 spiro atoms. The van der Waals surface area contributed by atoms with Crippen LogP contribution in [0.3, 0.4) is 0 Å². The molecular formula is C21H33N3O3. The van der Waals surface area contributed by atoms with E-state index in [4.69, 9.17) is 9.47 Å². The molecule has 1 amide bonds. The second-order valence-corrected chi connectivity index (χ2v) is 8.00. The summed E-state index contributed by atoms with van der Waals surface area (Å²) >= 11 is 0. The summed E-state index contributed by atoms with van der Waals surface area (Å²) in [5.41, 5.74) is 1.16. The van der Waals surface area contributed by atoms with Gasteiger partial charge in [0.1, 0.15) is 5.75 Å². The number of carbonyl (C=O) groups is 1. The van der Waals surface area contributed by atoms with E-state index in [2.05, 4.69) is 30.1 Å². The Hall–Kier alpha value is -1.63. The van der Waals surface area contributed by atoms with Gasteiger partial charge in [-0.3, -0.25) is 9.69 Å². The average molecular weight is 376 g/mol. The number of benzene rings is 1. The lowest BCUT2D eigenvalue weighted by Crippen LogP contribution is -2.54. The maximum absolute atomic E-state index is 12.2. The summed E-state index contributed by atoms with van der Waals surface area (Å²) in [7, 11) is 0. The van der Waals surface area contributed by atoms with Crippen LogP contribution in [0.15, 0.2) is 24.3 Å². The lowest BCUT2D eigenvalue weighted by atomic mass is 10.0. The van der Waals surface area contributed by atoms with Gasteiger partial charge in [-0.15, -0.1) is 0 Å². The zero-order valence-corrected chi connectivity index (χ0v) is 16.7. The van der Waals surface area contributed by atoms with E-state index in [0.717, 1.165) is 76.6 Å². The Kier molecular flexibility index (Phi) is 7.10. The van der Waals surface area contributed by atoms with Crippen molar-refractivity contribution in [2.75, 3.05) is 52.5 Å². The zero-order valence-electron chi connectivity index (χ0n) is 16.7. The molecule has 2 aliphatic rings. The fourth-order valence-electron chi connectivity index (χ4n) is 3.77. The van der Waals surface area contributed by atoms with Gasteiger partial charge in [-0.1, -0.05) is 18.2 Å². The van der Waals surface area contributed by atoms with E-state index < -0.39 is 0 Å². The van der Waals surface area contributed by atoms with E-state index in [1.807, 2.05) is 23.1 Å². The Bertz CT molecular complexity index is 608. The first-order chi connectivity index (χ1) is 13.1. The average Bonchev–Trinajstić information content (AvgIpc) is 3.22. The third-order valence-corrected chi connectivity index (χ3v) is 5.52. The van der Waals surface area contributed by atoms with Gasteiger partial charge in [0, 0.05) is 50.4 Å². The Morgan fingerprint density at radius 2 is 1.85 bits per heavy atom. The summed E-state index contributed by atoms with van der Waals surface area (Å²) < 4.78 is 11.3. The van der Waals surface area contributed by atoms with Gasteiger partial charge in [0.15, 0.2) is 6.61 Å². The number of morpholine rings is 1. The number of ether oxygens (including phenoxy) is 2. The van der Waals surface area contributed by atoms with E-state index in [-0.39, 0.29) is 18.1 Å². The van der Waals surface area contributed by atoms with Gasteiger partial charge in [0.2, 0.25) is 0 Å². The van der Waals surface area contributed by atoms with Crippen LogP contribution in [0.1, 0.15) is 32.3 Å². The molecule has 0 atom stereocenters. The number of amides is 1. The quantitative estimate of drug-likeness (QED) is 0.752. The molecule has 0 radical (unpaired) electrons. The highest BCUT2D eigenvalue weighted by molar-refractivity contribution is 5.78. The fraction of sp³-hybridized carbons (Fsp3) is 0.667. The van der Waals surface area contributed by atoms with Crippen LogP contribution in [0.2, 0.25) is 0 Å². The first kappa shape index (κ1) is 20.1. The van der Waals surface area contributed by atoms with Crippen LogP contribution < -0.4 is 10.1 Å². The Labute approximate surface area is 162 Å². The van der Waals surface area contributed by atoms with Crippen molar-refractivity contribution in [2.45, 2.75) is 38.8 Å². The number of para-hydroxylation sites is 1. The molecule has 1 aromatic carbocycles. The van der Waals surface area contributed by atoms with Crippen molar-refractivity contribution in [2.24, 2.45) is 0 Å². The van der Waals surface area contributed by atoms with Crippen LogP contribution in [0.5, 0.6) is 5.75 Å². The van der Waals surface area contributed by atoms with Crippen molar-refractivity contribution in [3.8, 4) is 5.75 Å². The van der Waals surface area contributed by atoms with E-state index in [9.17, 15) is 4.79 Å². The van der Waals surface area contributed by atoms with Gasteiger partial charge in [-0.2, -0.15) is 0 Å². The second kappa shape index (κ2) is 9.53. The lowest BCUT2D eigenvalue weighted by molar-refractivity contribution is -0.132. The number of hydrogen-bond donors (Lipinski definition) is 1. The highest BCUT2D eigenvalue weighted by atomic mass is 16.5. The van der Waals surface area contributed by atoms with Crippen LogP contribution in [0.25, 0.3) is 0 Å². The summed E-state index contributed by atoms with van der Waals surface area (Å²) in [4.78, 5) is 16.6. The van der Waals surface area contributed by atoms with Crippen LogP contribution in [0, 0.1) is 0 Å². The first-order valence-electron chi connectivity index (χ1n) is 10.1. The van der Waals surface area contributed by atoms with E-state index in [0.29, 0.717) is 0 Å². The molecular weight excluding hydrogens is 342 g/mol. The van der Waals surface area contributed by atoms with Crippen molar-refractivity contribution in [3.63, 3.8) is 0 Å². The van der Waals surface area contributed by atoms with Crippen molar-refractivity contribution in [3.05, 3.63) is 29.8 Å². The molecule has 0 bridgehead atoms. The van der Waals surface area contributed by atoms with Gasteiger partial charge in [0.05, 0.1) is 13.2 Å². The number of carbonyl (C=O) groups excluding carboxylic acids is 1. The molecule has 0 unspecified atom stereocenters. The molecule has 0 saturated carbocycles. The van der Waals surface area contributed by atoms with Crippen molar-refractivity contribution in [1.29, 1.82) is 0 Å². The lowest BCUT2D eigenvalue weighted by Gasteiger charge is -2.41. The van der Waals surface area contributed by atoms with Crippen molar-refractivity contribution < 1.29 is 14.3 Å². The number of nitrogens with one attached hydrogen (secondary N) is 1. The largest absolute Gasteiger partial charge is 0.483 e. The van der Waals surface area contributed by atoms with Crippen LogP contribution in [-0.4, -0.2) is 73.8 Å². The van der Waals surface area contributed by atoms with Crippen LogP contribution in [-0.2, 0) is 16.1 Å². The molecule has 3 rings (SSSR count). The van der Waals surface area contributed by atoms with Crippen molar-refractivity contribution in [1.82, 2.24) is 15.1 Å². The predicted molar refractivity (Wildman–Crippen MR) is 106 cm³/mol. The van der Waals surface area contributed by atoms with E-state index >= 15 is 0 Å². The Balaban J connectivity index is 1.49.